The molecule has 4 nitrogen and oxygen atoms in total. The fourth-order valence-corrected chi connectivity index (χ4v) is 3.91. The Kier molecular flexibility index (Phi) is 6.06. The van der Waals surface area contributed by atoms with E-state index in [-0.39, 0.29) is 11.1 Å². The molecule has 8 heteroatoms. The molecule has 0 N–H and O–H groups in total. The topological polar surface area (TPSA) is 46.6 Å². The van der Waals surface area contributed by atoms with Crippen molar-refractivity contribution in [2.24, 2.45) is 0 Å². The number of halogens is 4. The number of anilines is 1. The van der Waals surface area contributed by atoms with Crippen molar-refractivity contribution >= 4 is 70.0 Å². The lowest BCUT2D eigenvalue weighted by Gasteiger charge is -2.18. The molecule has 0 radical (unpaired) electrons. The molecule has 1 heterocycles. The molecule has 0 unspecified atom stereocenters. The van der Waals surface area contributed by atoms with E-state index in [1.807, 2.05) is 0 Å². The maximum Gasteiger partial charge on any atom is 0.340 e. The lowest BCUT2D eigenvalue weighted by atomic mass is 10.0. The van der Waals surface area contributed by atoms with E-state index in [1.54, 1.807) is 43.3 Å². The van der Waals surface area contributed by atoms with Gasteiger partial charge in [-0.15, -0.1) is 0 Å². The SMILES string of the molecule is COC(=O)C1=C(C)N(c2cc(Cl)cc(Cl)c2)C(=O)/C1=C\c1ccc(Cl)cc1Cl. The Bertz CT molecular complexity index is 1040. The predicted octanol–water partition coefficient (Wildman–Crippen LogP) is 6.18. The molecule has 2 aromatic rings. The van der Waals surface area contributed by atoms with Crippen LogP contribution in [-0.2, 0) is 14.3 Å². The smallest absolute Gasteiger partial charge is 0.340 e. The second-order valence-corrected chi connectivity index (χ2v) is 7.66. The molecule has 0 fully saturated rings. The highest BCUT2D eigenvalue weighted by Crippen LogP contribution is 2.38. The molecule has 0 aliphatic carbocycles. The molecule has 0 spiro atoms. The van der Waals surface area contributed by atoms with E-state index >= 15 is 0 Å². The molecule has 3 rings (SSSR count). The van der Waals surface area contributed by atoms with Crippen LogP contribution in [0.2, 0.25) is 20.1 Å². The van der Waals surface area contributed by atoms with Gasteiger partial charge < -0.3 is 4.74 Å². The molecular weight excluding hydrogens is 444 g/mol. The number of esters is 1. The van der Waals surface area contributed by atoms with Crippen molar-refractivity contribution in [3.8, 4) is 0 Å². The van der Waals surface area contributed by atoms with Crippen LogP contribution in [0.1, 0.15) is 12.5 Å². The number of carbonyl (C=O) groups excluding carboxylic acids is 2. The number of benzene rings is 2. The van der Waals surface area contributed by atoms with Gasteiger partial charge in [0.25, 0.3) is 5.91 Å². The molecule has 144 valence electrons. The predicted molar refractivity (Wildman–Crippen MR) is 113 cm³/mol. The summed E-state index contributed by atoms with van der Waals surface area (Å²) in [5.74, 6) is -1.07. The summed E-state index contributed by atoms with van der Waals surface area (Å²) in [6.07, 6.45) is 1.53. The third-order valence-corrected chi connectivity index (χ3v) is 5.16. The van der Waals surface area contributed by atoms with E-state index in [0.717, 1.165) is 0 Å². The number of amides is 1. The first-order valence-corrected chi connectivity index (χ1v) is 9.51. The van der Waals surface area contributed by atoms with Gasteiger partial charge in [0.1, 0.15) is 0 Å². The van der Waals surface area contributed by atoms with Crippen molar-refractivity contribution in [3.63, 3.8) is 0 Å². The Morgan fingerprint density at radius 3 is 2.21 bits per heavy atom. The number of ether oxygens (including phenoxy) is 1. The second kappa shape index (κ2) is 8.18. The number of nitrogens with zero attached hydrogens (tertiary/aromatic N) is 1. The highest BCUT2D eigenvalue weighted by atomic mass is 35.5. The molecule has 1 aliphatic rings. The summed E-state index contributed by atoms with van der Waals surface area (Å²) in [6.45, 7) is 1.64. The van der Waals surface area contributed by atoms with Crippen molar-refractivity contribution < 1.29 is 14.3 Å². The number of rotatable bonds is 3. The van der Waals surface area contributed by atoms with E-state index in [0.29, 0.717) is 37.0 Å². The number of allylic oxidation sites excluding steroid dienone is 1. The number of hydrogen-bond acceptors (Lipinski definition) is 3. The minimum Gasteiger partial charge on any atom is -0.465 e. The van der Waals surface area contributed by atoms with Gasteiger partial charge >= 0.3 is 5.97 Å². The molecule has 2 aromatic carbocycles. The number of methoxy groups -OCH3 is 1. The number of carbonyl (C=O) groups is 2. The minimum absolute atomic E-state index is 0.134. The molecule has 28 heavy (non-hydrogen) atoms. The molecule has 0 bridgehead atoms. The zero-order chi connectivity index (χ0) is 20.6. The second-order valence-electron chi connectivity index (χ2n) is 5.94. The fraction of sp³-hybridized carbons (Fsp3) is 0.100. The van der Waals surface area contributed by atoms with Crippen LogP contribution in [0.5, 0.6) is 0 Å². The quantitative estimate of drug-likeness (QED) is 0.409. The first-order valence-electron chi connectivity index (χ1n) is 7.99. The summed E-state index contributed by atoms with van der Waals surface area (Å²) in [4.78, 5) is 27.0. The van der Waals surface area contributed by atoms with E-state index in [2.05, 4.69) is 0 Å². The van der Waals surface area contributed by atoms with Crippen LogP contribution in [0.3, 0.4) is 0 Å². The third kappa shape index (κ3) is 3.91. The van der Waals surface area contributed by atoms with Crippen LogP contribution >= 0.6 is 46.4 Å². The van der Waals surface area contributed by atoms with E-state index in [1.165, 1.54) is 18.1 Å². The van der Waals surface area contributed by atoms with Crippen LogP contribution in [0.15, 0.2) is 53.2 Å². The van der Waals surface area contributed by atoms with Crippen molar-refractivity contribution in [1.82, 2.24) is 0 Å². The highest BCUT2D eigenvalue weighted by molar-refractivity contribution is 6.36. The van der Waals surface area contributed by atoms with Gasteiger partial charge in [-0.2, -0.15) is 0 Å². The van der Waals surface area contributed by atoms with Gasteiger partial charge in [-0.1, -0.05) is 52.5 Å². The van der Waals surface area contributed by atoms with Crippen LogP contribution < -0.4 is 4.90 Å². The molecular formula is C20H13Cl4NO3. The Hall–Kier alpha value is -1.98. The van der Waals surface area contributed by atoms with Crippen LogP contribution in [0.25, 0.3) is 6.08 Å². The zero-order valence-corrected chi connectivity index (χ0v) is 17.7. The standard InChI is InChI=1S/C20H13Cl4NO3/c1-10-18(20(27)28-2)16(5-11-3-4-12(21)9-17(11)24)19(26)25(10)15-7-13(22)6-14(23)8-15/h3-9H,1-2H3/b16-5-. The summed E-state index contributed by atoms with van der Waals surface area (Å²) in [5, 5.41) is 1.53. The van der Waals surface area contributed by atoms with Crippen molar-refractivity contribution in [2.75, 3.05) is 12.0 Å². The number of hydrogen-bond donors (Lipinski definition) is 0. The zero-order valence-electron chi connectivity index (χ0n) is 14.7. The monoisotopic (exact) mass is 455 g/mol. The van der Waals surface area contributed by atoms with Gasteiger partial charge in [0.15, 0.2) is 0 Å². The fourth-order valence-electron chi connectivity index (χ4n) is 2.93. The van der Waals surface area contributed by atoms with E-state index < -0.39 is 11.9 Å². The lowest BCUT2D eigenvalue weighted by molar-refractivity contribution is -0.136. The van der Waals surface area contributed by atoms with E-state index in [9.17, 15) is 9.59 Å². The van der Waals surface area contributed by atoms with Crippen LogP contribution in [0.4, 0.5) is 5.69 Å². The van der Waals surface area contributed by atoms with Gasteiger partial charge in [-0.3, -0.25) is 9.69 Å². The minimum atomic E-state index is -0.641. The highest BCUT2D eigenvalue weighted by Gasteiger charge is 2.38. The largest absolute Gasteiger partial charge is 0.465 e. The Morgan fingerprint density at radius 2 is 1.64 bits per heavy atom. The van der Waals surface area contributed by atoms with Crippen molar-refractivity contribution in [2.45, 2.75) is 6.92 Å². The van der Waals surface area contributed by atoms with Gasteiger partial charge in [-0.25, -0.2) is 4.79 Å². The normalized spacial score (nSPS) is 15.6. The average molecular weight is 457 g/mol. The molecule has 1 amide bonds. The van der Waals surface area contributed by atoms with Gasteiger partial charge in [0.05, 0.1) is 23.9 Å². The molecule has 0 atom stereocenters. The first-order chi connectivity index (χ1) is 13.2. The van der Waals surface area contributed by atoms with Crippen molar-refractivity contribution in [3.05, 3.63) is 78.9 Å². The summed E-state index contributed by atoms with van der Waals surface area (Å²) in [7, 11) is 1.25. The van der Waals surface area contributed by atoms with Gasteiger partial charge in [0.2, 0.25) is 0 Å². The molecule has 1 aliphatic heterocycles. The molecule has 0 saturated heterocycles. The Labute approximate surface area is 181 Å². The van der Waals surface area contributed by atoms with Gasteiger partial charge in [0, 0.05) is 25.8 Å². The summed E-state index contributed by atoms with van der Waals surface area (Å²) < 4.78 is 4.88. The Balaban J connectivity index is 2.19. The molecule has 0 saturated carbocycles. The third-order valence-electron chi connectivity index (χ3n) is 4.16. The lowest BCUT2D eigenvalue weighted by Crippen LogP contribution is -2.24. The maximum absolute atomic E-state index is 13.2. The average Bonchev–Trinajstić information content (AvgIpc) is 2.86. The summed E-state index contributed by atoms with van der Waals surface area (Å²) in [6, 6.07) is 9.58. The van der Waals surface area contributed by atoms with E-state index in [4.69, 9.17) is 51.1 Å². The maximum atomic E-state index is 13.2. The summed E-state index contributed by atoms with van der Waals surface area (Å²) >= 11 is 24.3. The Morgan fingerprint density at radius 1 is 1.00 bits per heavy atom. The van der Waals surface area contributed by atoms with Crippen LogP contribution in [-0.4, -0.2) is 19.0 Å². The van der Waals surface area contributed by atoms with Gasteiger partial charge in [-0.05, 0) is 48.9 Å². The summed E-state index contributed by atoms with van der Waals surface area (Å²) in [5.41, 5.74) is 1.65. The van der Waals surface area contributed by atoms with Crippen LogP contribution in [0, 0.1) is 0 Å². The first kappa shape index (κ1) is 20.7. The molecule has 0 aromatic heterocycles. The van der Waals surface area contributed by atoms with Crippen molar-refractivity contribution in [1.29, 1.82) is 0 Å².